The molecule has 6 nitrogen and oxygen atoms in total. The molecule has 1 aliphatic heterocycles. The molecule has 0 aliphatic carbocycles. The number of hydrogen-bond acceptors (Lipinski definition) is 7. The van der Waals surface area contributed by atoms with E-state index in [0.717, 1.165) is 6.42 Å². The number of benzene rings is 1. The zero-order chi connectivity index (χ0) is 17.7. The summed E-state index contributed by atoms with van der Waals surface area (Å²) < 4.78 is 0.512. The van der Waals surface area contributed by atoms with Gasteiger partial charge in [0.1, 0.15) is 4.32 Å². The van der Waals surface area contributed by atoms with Crippen LogP contribution in [0.25, 0.3) is 6.08 Å². The number of thiocarbonyl (C=S) groups is 1. The third-order valence-corrected chi connectivity index (χ3v) is 5.57. The zero-order valence-corrected chi connectivity index (χ0v) is 15.4. The van der Waals surface area contributed by atoms with Crippen LogP contribution in [0.4, 0.5) is 5.69 Å². The molecule has 0 bridgehead atoms. The lowest BCUT2D eigenvalue weighted by Gasteiger charge is -2.11. The number of aliphatic hydroxyl groups is 1. The van der Waals surface area contributed by atoms with Crippen LogP contribution >= 0.6 is 35.7 Å². The van der Waals surface area contributed by atoms with Gasteiger partial charge in [-0.1, -0.05) is 37.0 Å². The normalized spacial score (nSPS) is 16.2. The molecular weight excluding hydrogens is 368 g/mol. The highest BCUT2D eigenvalue weighted by Crippen LogP contribution is 2.35. The van der Waals surface area contributed by atoms with E-state index < -0.39 is 4.92 Å². The van der Waals surface area contributed by atoms with Crippen molar-refractivity contribution in [3.05, 3.63) is 38.8 Å². The summed E-state index contributed by atoms with van der Waals surface area (Å²) in [6.45, 7) is 2.48. The molecule has 2 rings (SSSR count). The van der Waals surface area contributed by atoms with Crippen molar-refractivity contribution < 1.29 is 14.8 Å². The SMILES string of the molecule is CCCN1C(=O)/C(=C\c2ccc(SCCO)c([N+](=O)[O-])c2)SC1=S. The molecule has 1 fully saturated rings. The summed E-state index contributed by atoms with van der Waals surface area (Å²) in [6, 6.07) is 4.79. The first kappa shape index (κ1) is 18.9. The van der Waals surface area contributed by atoms with Crippen LogP contribution in [-0.4, -0.2) is 44.1 Å². The predicted molar refractivity (Wildman–Crippen MR) is 101 cm³/mol. The molecule has 1 aliphatic rings. The number of amides is 1. The Bertz CT molecular complexity index is 706. The fourth-order valence-electron chi connectivity index (χ4n) is 2.11. The largest absolute Gasteiger partial charge is 0.396 e. The summed E-state index contributed by atoms with van der Waals surface area (Å²) in [5, 5.41) is 20.1. The third-order valence-electron chi connectivity index (χ3n) is 3.15. The smallest absolute Gasteiger partial charge is 0.283 e. The molecule has 0 aromatic heterocycles. The van der Waals surface area contributed by atoms with Gasteiger partial charge in [-0.2, -0.15) is 0 Å². The van der Waals surface area contributed by atoms with Crippen molar-refractivity contribution in [2.45, 2.75) is 18.2 Å². The van der Waals surface area contributed by atoms with E-state index >= 15 is 0 Å². The molecule has 0 saturated carbocycles. The first-order chi connectivity index (χ1) is 11.5. The predicted octanol–water partition coefficient (Wildman–Crippen LogP) is 3.29. The molecule has 9 heteroatoms. The zero-order valence-electron chi connectivity index (χ0n) is 12.9. The van der Waals surface area contributed by atoms with E-state index in [9.17, 15) is 14.9 Å². The van der Waals surface area contributed by atoms with Crippen molar-refractivity contribution in [3.63, 3.8) is 0 Å². The minimum Gasteiger partial charge on any atom is -0.396 e. The molecule has 0 spiro atoms. The quantitative estimate of drug-likeness (QED) is 0.254. The number of rotatable bonds is 7. The van der Waals surface area contributed by atoms with Gasteiger partial charge in [-0.05, 0) is 24.1 Å². The van der Waals surface area contributed by atoms with E-state index in [1.165, 1.54) is 29.6 Å². The molecule has 0 atom stereocenters. The highest BCUT2D eigenvalue weighted by Gasteiger charge is 2.31. The molecule has 1 amide bonds. The van der Waals surface area contributed by atoms with Gasteiger partial charge in [0.2, 0.25) is 0 Å². The average molecular weight is 385 g/mol. The van der Waals surface area contributed by atoms with E-state index in [2.05, 4.69) is 0 Å². The second kappa shape index (κ2) is 8.61. The number of thioether (sulfide) groups is 2. The van der Waals surface area contributed by atoms with Crippen molar-refractivity contribution in [2.24, 2.45) is 0 Å². The Kier molecular flexibility index (Phi) is 6.79. The van der Waals surface area contributed by atoms with Crippen molar-refractivity contribution in [2.75, 3.05) is 18.9 Å². The summed E-state index contributed by atoms with van der Waals surface area (Å²) in [5.41, 5.74) is 0.540. The lowest BCUT2D eigenvalue weighted by atomic mass is 10.2. The average Bonchev–Trinajstić information content (AvgIpc) is 2.81. The van der Waals surface area contributed by atoms with Gasteiger partial charge in [0.25, 0.3) is 11.6 Å². The summed E-state index contributed by atoms with van der Waals surface area (Å²) in [5.74, 6) is 0.226. The number of nitrogens with zero attached hydrogens (tertiary/aromatic N) is 2. The Labute approximate surface area is 153 Å². The standard InChI is InChI=1S/C15H16N2O4S3/c1-2-5-16-14(19)13(24-15(16)22)9-10-3-4-12(23-7-6-18)11(8-10)17(20)21/h3-4,8-9,18H,2,5-7H2,1H3/b13-9+. The Morgan fingerprint density at radius 2 is 2.25 bits per heavy atom. The number of nitro benzene ring substituents is 1. The Hall–Kier alpha value is -1.42. The topological polar surface area (TPSA) is 83.7 Å². The van der Waals surface area contributed by atoms with Crippen LogP contribution in [0.3, 0.4) is 0 Å². The first-order valence-electron chi connectivity index (χ1n) is 7.25. The van der Waals surface area contributed by atoms with E-state index in [4.69, 9.17) is 17.3 Å². The lowest BCUT2D eigenvalue weighted by molar-refractivity contribution is -0.387. The van der Waals surface area contributed by atoms with Crippen molar-refractivity contribution in [3.8, 4) is 0 Å². The van der Waals surface area contributed by atoms with E-state index in [1.54, 1.807) is 23.1 Å². The maximum Gasteiger partial charge on any atom is 0.283 e. The van der Waals surface area contributed by atoms with Crippen molar-refractivity contribution in [1.29, 1.82) is 0 Å². The van der Waals surface area contributed by atoms with Gasteiger partial charge in [0.05, 0.1) is 21.3 Å². The van der Waals surface area contributed by atoms with Crippen LogP contribution in [0, 0.1) is 10.1 Å². The maximum atomic E-state index is 12.3. The summed E-state index contributed by atoms with van der Waals surface area (Å²) in [4.78, 5) is 25.6. The Morgan fingerprint density at radius 1 is 1.50 bits per heavy atom. The second-order valence-electron chi connectivity index (χ2n) is 4.89. The Balaban J connectivity index is 2.29. The van der Waals surface area contributed by atoms with E-state index in [-0.39, 0.29) is 18.2 Å². The minimum absolute atomic E-state index is 0.0359. The lowest BCUT2D eigenvalue weighted by Crippen LogP contribution is -2.28. The number of hydrogen-bond donors (Lipinski definition) is 1. The molecule has 1 N–H and O–H groups in total. The van der Waals surface area contributed by atoms with Gasteiger partial charge in [0.15, 0.2) is 0 Å². The molecule has 0 radical (unpaired) electrons. The van der Waals surface area contributed by atoms with Gasteiger partial charge in [-0.15, -0.1) is 11.8 Å². The molecule has 1 aromatic carbocycles. The fraction of sp³-hybridized carbons (Fsp3) is 0.333. The molecule has 1 saturated heterocycles. The van der Waals surface area contributed by atoms with Gasteiger partial charge in [-0.25, -0.2) is 0 Å². The molecule has 1 heterocycles. The highest BCUT2D eigenvalue weighted by atomic mass is 32.2. The van der Waals surface area contributed by atoms with Crippen LogP contribution in [0.5, 0.6) is 0 Å². The van der Waals surface area contributed by atoms with Gasteiger partial charge >= 0.3 is 0 Å². The van der Waals surface area contributed by atoms with Crippen LogP contribution in [0.1, 0.15) is 18.9 Å². The summed E-state index contributed by atoms with van der Waals surface area (Å²) in [6.07, 6.45) is 2.43. The number of nitro groups is 1. The monoisotopic (exact) mass is 384 g/mol. The molecule has 0 unspecified atom stereocenters. The molecule has 1 aromatic rings. The van der Waals surface area contributed by atoms with Crippen molar-refractivity contribution in [1.82, 2.24) is 4.90 Å². The third kappa shape index (κ3) is 4.35. The molecule has 24 heavy (non-hydrogen) atoms. The molecule has 128 valence electrons. The van der Waals surface area contributed by atoms with Crippen LogP contribution in [-0.2, 0) is 4.79 Å². The van der Waals surface area contributed by atoms with Gasteiger partial charge in [0, 0.05) is 18.4 Å². The Morgan fingerprint density at radius 3 is 2.88 bits per heavy atom. The maximum absolute atomic E-state index is 12.3. The molecular formula is C15H16N2O4S3. The van der Waals surface area contributed by atoms with E-state index in [0.29, 0.717) is 32.0 Å². The minimum atomic E-state index is -0.459. The van der Waals surface area contributed by atoms with E-state index in [1.807, 2.05) is 6.92 Å². The summed E-state index contributed by atoms with van der Waals surface area (Å²) in [7, 11) is 0. The van der Waals surface area contributed by atoms with Gasteiger partial charge < -0.3 is 5.11 Å². The van der Waals surface area contributed by atoms with Crippen LogP contribution in [0.2, 0.25) is 0 Å². The number of carbonyl (C=O) groups excluding carboxylic acids is 1. The van der Waals surface area contributed by atoms with Crippen LogP contribution in [0.15, 0.2) is 28.0 Å². The highest BCUT2D eigenvalue weighted by molar-refractivity contribution is 8.26. The number of aliphatic hydroxyl groups excluding tert-OH is 1. The summed E-state index contributed by atoms with van der Waals surface area (Å²) >= 11 is 7.64. The van der Waals surface area contributed by atoms with Crippen molar-refractivity contribution >= 4 is 57.7 Å². The first-order valence-corrected chi connectivity index (χ1v) is 9.46. The fourth-order valence-corrected chi connectivity index (χ4v) is 4.18. The second-order valence-corrected chi connectivity index (χ2v) is 7.70. The van der Waals surface area contributed by atoms with Crippen LogP contribution < -0.4 is 0 Å². The van der Waals surface area contributed by atoms with Gasteiger partial charge in [-0.3, -0.25) is 19.8 Å². The number of carbonyl (C=O) groups is 1.